The van der Waals surface area contributed by atoms with E-state index in [1.165, 1.54) is 32.3 Å². The van der Waals surface area contributed by atoms with Gasteiger partial charge in [0.1, 0.15) is 0 Å². The van der Waals surface area contributed by atoms with Crippen molar-refractivity contribution in [3.8, 4) is 0 Å². The summed E-state index contributed by atoms with van der Waals surface area (Å²) in [6, 6.07) is 13.7. The summed E-state index contributed by atoms with van der Waals surface area (Å²) >= 11 is 1.90. The van der Waals surface area contributed by atoms with Gasteiger partial charge >= 0.3 is 0 Å². The number of rotatable bonds is 2. The molecule has 0 bridgehead atoms. The highest BCUT2D eigenvalue weighted by Gasteiger charge is 2.21. The average Bonchev–Trinajstić information content (AvgIpc) is 2.46. The predicted octanol–water partition coefficient (Wildman–Crippen LogP) is 5.60. The average molecular weight is 283 g/mol. The zero-order chi connectivity index (χ0) is 14.3. The molecule has 0 spiro atoms. The molecule has 1 heterocycles. The Hall–Kier alpha value is -1.41. The van der Waals surface area contributed by atoms with Crippen molar-refractivity contribution in [2.45, 2.75) is 42.9 Å². The van der Waals surface area contributed by atoms with Gasteiger partial charge in [-0.25, -0.2) is 0 Å². The highest BCUT2D eigenvalue weighted by Crippen LogP contribution is 2.48. The largest absolute Gasteiger partial charge is 0.343 e. The summed E-state index contributed by atoms with van der Waals surface area (Å²) in [5, 5.41) is 0. The number of hydrogen-bond acceptors (Lipinski definition) is 2. The third-order valence-corrected chi connectivity index (χ3v) is 5.14. The Balaban J connectivity index is 2.07. The second-order valence-corrected chi connectivity index (χ2v) is 6.78. The van der Waals surface area contributed by atoms with Crippen molar-refractivity contribution >= 4 is 23.1 Å². The Labute approximate surface area is 126 Å². The molecule has 0 saturated heterocycles. The number of benzene rings is 2. The molecule has 0 atom stereocenters. The fourth-order valence-electron chi connectivity index (χ4n) is 2.63. The summed E-state index contributed by atoms with van der Waals surface area (Å²) in [5.41, 5.74) is 5.47. The molecule has 0 fully saturated rings. The van der Waals surface area contributed by atoms with E-state index in [-0.39, 0.29) is 0 Å². The molecule has 0 aliphatic carbocycles. The smallest absolute Gasteiger partial charge is 0.0552 e. The van der Waals surface area contributed by atoms with Gasteiger partial charge in [0.2, 0.25) is 0 Å². The van der Waals surface area contributed by atoms with Crippen LogP contribution in [0.15, 0.2) is 46.2 Å². The maximum Gasteiger partial charge on any atom is 0.0552 e. The maximum atomic E-state index is 2.35. The molecule has 104 valence electrons. The molecule has 0 N–H and O–H groups in total. The predicted molar refractivity (Wildman–Crippen MR) is 88.5 cm³/mol. The quantitative estimate of drug-likeness (QED) is 0.705. The summed E-state index contributed by atoms with van der Waals surface area (Å²) in [5.74, 6) is 0.579. The molecule has 1 aliphatic heterocycles. The Morgan fingerprint density at radius 3 is 2.50 bits per heavy atom. The Bertz CT molecular complexity index is 646. The number of fused-ring (bicyclic) bond motifs is 2. The van der Waals surface area contributed by atoms with Crippen molar-refractivity contribution in [2.24, 2.45) is 0 Å². The van der Waals surface area contributed by atoms with Gasteiger partial charge in [-0.3, -0.25) is 0 Å². The van der Waals surface area contributed by atoms with Crippen molar-refractivity contribution < 1.29 is 0 Å². The zero-order valence-corrected chi connectivity index (χ0v) is 13.4. The summed E-state index contributed by atoms with van der Waals surface area (Å²) in [4.78, 5) is 5.05. The van der Waals surface area contributed by atoms with Gasteiger partial charge in [-0.2, -0.15) is 0 Å². The molecule has 2 aromatic carbocycles. The van der Waals surface area contributed by atoms with Gasteiger partial charge in [-0.1, -0.05) is 44.7 Å². The number of nitrogens with zero attached hydrogens (tertiary/aromatic N) is 1. The lowest BCUT2D eigenvalue weighted by molar-refractivity contribution is 0.861. The molecule has 0 aromatic heterocycles. The van der Waals surface area contributed by atoms with Crippen LogP contribution in [0.25, 0.3) is 0 Å². The van der Waals surface area contributed by atoms with Crippen LogP contribution >= 0.6 is 11.8 Å². The molecule has 2 aromatic rings. The first kappa shape index (κ1) is 13.6. The summed E-state index contributed by atoms with van der Waals surface area (Å²) in [6.45, 7) is 6.71. The van der Waals surface area contributed by atoms with Crippen LogP contribution in [0.1, 0.15) is 37.8 Å². The van der Waals surface area contributed by atoms with Crippen LogP contribution in [0.3, 0.4) is 0 Å². The van der Waals surface area contributed by atoms with E-state index < -0.39 is 0 Å². The van der Waals surface area contributed by atoms with E-state index in [0.29, 0.717) is 5.92 Å². The van der Waals surface area contributed by atoms with Gasteiger partial charge in [0.15, 0.2) is 0 Å². The summed E-state index contributed by atoms with van der Waals surface area (Å²) in [6.07, 6.45) is 1.09. The molecule has 0 saturated carbocycles. The highest BCUT2D eigenvalue weighted by molar-refractivity contribution is 7.99. The van der Waals surface area contributed by atoms with E-state index in [9.17, 15) is 0 Å². The monoisotopic (exact) mass is 283 g/mol. The van der Waals surface area contributed by atoms with Gasteiger partial charge in [0.05, 0.1) is 11.4 Å². The molecule has 0 radical (unpaired) electrons. The van der Waals surface area contributed by atoms with Crippen molar-refractivity contribution in [1.29, 1.82) is 0 Å². The Morgan fingerprint density at radius 2 is 1.80 bits per heavy atom. The minimum absolute atomic E-state index is 0.579. The van der Waals surface area contributed by atoms with E-state index in [0.717, 1.165) is 6.42 Å². The Kier molecular flexibility index (Phi) is 3.51. The molecule has 20 heavy (non-hydrogen) atoms. The van der Waals surface area contributed by atoms with E-state index in [4.69, 9.17) is 0 Å². The van der Waals surface area contributed by atoms with E-state index in [2.05, 4.69) is 69.1 Å². The zero-order valence-electron chi connectivity index (χ0n) is 12.6. The topological polar surface area (TPSA) is 3.24 Å². The third-order valence-electron chi connectivity index (χ3n) is 4.02. The van der Waals surface area contributed by atoms with Crippen molar-refractivity contribution in [1.82, 2.24) is 0 Å². The lowest BCUT2D eigenvalue weighted by Gasteiger charge is -2.30. The van der Waals surface area contributed by atoms with Crippen LogP contribution in [0.5, 0.6) is 0 Å². The van der Waals surface area contributed by atoms with Crippen molar-refractivity contribution in [3.05, 3.63) is 47.5 Å². The van der Waals surface area contributed by atoms with Gasteiger partial charge in [-0.05, 0) is 47.7 Å². The van der Waals surface area contributed by atoms with Crippen molar-refractivity contribution in [2.75, 3.05) is 11.9 Å². The minimum atomic E-state index is 0.579. The molecule has 1 aliphatic rings. The normalized spacial score (nSPS) is 13.3. The summed E-state index contributed by atoms with van der Waals surface area (Å²) in [7, 11) is 2.17. The highest BCUT2D eigenvalue weighted by atomic mass is 32.2. The second-order valence-electron chi connectivity index (χ2n) is 5.70. The lowest BCUT2D eigenvalue weighted by Crippen LogP contribution is -2.15. The first-order valence-electron chi connectivity index (χ1n) is 7.28. The molecule has 0 unspecified atom stereocenters. The third kappa shape index (κ3) is 2.22. The van der Waals surface area contributed by atoms with Crippen LogP contribution in [-0.4, -0.2) is 7.05 Å². The SMILES string of the molecule is CCc1ccc2c(c1)N(C)c1ccc(C(C)C)cc1S2. The summed E-state index contributed by atoms with van der Waals surface area (Å²) < 4.78 is 0. The first-order chi connectivity index (χ1) is 9.60. The molecule has 1 nitrogen and oxygen atoms in total. The fraction of sp³-hybridized carbons (Fsp3) is 0.333. The van der Waals surface area contributed by atoms with Crippen LogP contribution in [0.2, 0.25) is 0 Å². The molecular weight excluding hydrogens is 262 g/mol. The van der Waals surface area contributed by atoms with Crippen LogP contribution in [0, 0.1) is 0 Å². The fourth-order valence-corrected chi connectivity index (χ4v) is 3.81. The minimum Gasteiger partial charge on any atom is -0.343 e. The van der Waals surface area contributed by atoms with E-state index >= 15 is 0 Å². The number of aryl methyl sites for hydroxylation is 1. The van der Waals surface area contributed by atoms with Crippen LogP contribution in [0.4, 0.5) is 11.4 Å². The van der Waals surface area contributed by atoms with Gasteiger partial charge in [0.25, 0.3) is 0 Å². The first-order valence-corrected chi connectivity index (χ1v) is 8.10. The number of anilines is 2. The number of hydrogen-bond donors (Lipinski definition) is 0. The molecule has 2 heteroatoms. The molecule has 0 amide bonds. The standard InChI is InChI=1S/C18H21NS/c1-5-13-6-9-17-16(10-13)19(4)15-8-7-14(12(2)3)11-18(15)20-17/h6-12H,5H2,1-4H3. The van der Waals surface area contributed by atoms with Crippen LogP contribution < -0.4 is 4.90 Å². The van der Waals surface area contributed by atoms with Crippen molar-refractivity contribution in [3.63, 3.8) is 0 Å². The van der Waals surface area contributed by atoms with E-state index in [1.54, 1.807) is 0 Å². The van der Waals surface area contributed by atoms with Gasteiger partial charge < -0.3 is 4.90 Å². The second kappa shape index (κ2) is 5.17. The van der Waals surface area contributed by atoms with Crippen LogP contribution in [-0.2, 0) is 6.42 Å². The maximum absolute atomic E-state index is 2.35. The van der Waals surface area contributed by atoms with Gasteiger partial charge in [0, 0.05) is 16.8 Å². The molecule has 3 rings (SSSR count). The molecular formula is C18H21NS. The lowest BCUT2D eigenvalue weighted by atomic mass is 10.0. The van der Waals surface area contributed by atoms with Gasteiger partial charge in [-0.15, -0.1) is 0 Å². The Morgan fingerprint density at radius 1 is 1.00 bits per heavy atom. The van der Waals surface area contributed by atoms with E-state index in [1.807, 2.05) is 11.8 Å².